The highest BCUT2D eigenvalue weighted by molar-refractivity contribution is 7.14. The Morgan fingerprint density at radius 1 is 1.00 bits per heavy atom. The maximum absolute atomic E-state index is 11.4. The topological polar surface area (TPSA) is 84.0 Å². The van der Waals surface area contributed by atoms with Crippen LogP contribution in [0.25, 0.3) is 0 Å². The highest BCUT2D eigenvalue weighted by Gasteiger charge is 2.11. The van der Waals surface area contributed by atoms with E-state index in [-0.39, 0.29) is 6.42 Å². The number of nitrogens with zero attached hydrogens (tertiary/aromatic N) is 2. The fourth-order valence-corrected chi connectivity index (χ4v) is 2.13. The molecule has 0 radical (unpaired) electrons. The van der Waals surface area contributed by atoms with E-state index in [0.29, 0.717) is 10.3 Å². The lowest BCUT2D eigenvalue weighted by Gasteiger charge is -2.01. The first-order valence-electron chi connectivity index (χ1n) is 4.63. The van der Waals surface area contributed by atoms with E-state index in [1.807, 2.05) is 0 Å². The molecule has 0 aliphatic heterocycles. The van der Waals surface area contributed by atoms with Crippen LogP contribution in [0.3, 0.4) is 0 Å². The standard InChI is InChI=1S/C9H8N4O2S2/c14-6(12-8-10-1-3-16-8)5-7(15)13-9-11-2-4-17-9/h1-4H,5H2,(H,10,12,14)(H,11,13,15). The van der Waals surface area contributed by atoms with Crippen LogP contribution in [0.2, 0.25) is 0 Å². The van der Waals surface area contributed by atoms with Gasteiger partial charge in [-0.25, -0.2) is 9.97 Å². The molecule has 0 spiro atoms. The number of thiazole rings is 2. The summed E-state index contributed by atoms with van der Waals surface area (Å²) >= 11 is 2.60. The van der Waals surface area contributed by atoms with E-state index >= 15 is 0 Å². The van der Waals surface area contributed by atoms with Gasteiger partial charge in [-0.3, -0.25) is 9.59 Å². The molecule has 0 unspecified atom stereocenters. The molecule has 0 saturated carbocycles. The van der Waals surface area contributed by atoms with Gasteiger partial charge in [-0.2, -0.15) is 0 Å². The van der Waals surface area contributed by atoms with Crippen LogP contribution in [-0.2, 0) is 9.59 Å². The normalized spacial score (nSPS) is 9.88. The summed E-state index contributed by atoms with van der Waals surface area (Å²) in [4.78, 5) is 30.6. The van der Waals surface area contributed by atoms with Crippen molar-refractivity contribution >= 4 is 44.8 Å². The van der Waals surface area contributed by atoms with Crippen LogP contribution >= 0.6 is 22.7 Å². The molecule has 2 aromatic heterocycles. The van der Waals surface area contributed by atoms with Crippen molar-refractivity contribution in [3.05, 3.63) is 23.2 Å². The summed E-state index contributed by atoms with van der Waals surface area (Å²) in [6.07, 6.45) is 2.91. The predicted molar refractivity (Wildman–Crippen MR) is 66.1 cm³/mol. The minimum Gasteiger partial charge on any atom is -0.302 e. The maximum Gasteiger partial charge on any atom is 0.235 e. The fraction of sp³-hybridized carbons (Fsp3) is 0.111. The highest BCUT2D eigenvalue weighted by atomic mass is 32.1. The first kappa shape index (κ1) is 11.7. The third kappa shape index (κ3) is 3.61. The van der Waals surface area contributed by atoms with Gasteiger partial charge in [0.2, 0.25) is 11.8 Å². The van der Waals surface area contributed by atoms with E-state index in [4.69, 9.17) is 0 Å². The van der Waals surface area contributed by atoms with E-state index in [9.17, 15) is 9.59 Å². The average molecular weight is 268 g/mol. The number of carbonyl (C=O) groups is 2. The van der Waals surface area contributed by atoms with Crippen LogP contribution in [0.5, 0.6) is 0 Å². The second-order valence-corrected chi connectivity index (χ2v) is 4.74. The van der Waals surface area contributed by atoms with Crippen molar-refractivity contribution < 1.29 is 9.59 Å². The van der Waals surface area contributed by atoms with Gasteiger partial charge in [-0.1, -0.05) is 0 Å². The Balaban J connectivity index is 1.80. The Hall–Kier alpha value is -1.80. The van der Waals surface area contributed by atoms with Gasteiger partial charge < -0.3 is 10.6 Å². The molecule has 2 heterocycles. The van der Waals surface area contributed by atoms with Crippen molar-refractivity contribution in [2.75, 3.05) is 10.6 Å². The number of anilines is 2. The fourth-order valence-electron chi connectivity index (χ4n) is 1.04. The van der Waals surface area contributed by atoms with Gasteiger partial charge in [0.25, 0.3) is 0 Å². The average Bonchev–Trinajstić information content (AvgIpc) is 2.90. The molecular weight excluding hydrogens is 260 g/mol. The zero-order chi connectivity index (χ0) is 12.1. The van der Waals surface area contributed by atoms with Crippen LogP contribution < -0.4 is 10.6 Å². The van der Waals surface area contributed by atoms with Crippen LogP contribution in [0.1, 0.15) is 6.42 Å². The molecule has 0 fully saturated rings. The highest BCUT2D eigenvalue weighted by Crippen LogP contribution is 2.12. The van der Waals surface area contributed by atoms with Gasteiger partial charge in [0.1, 0.15) is 6.42 Å². The number of hydrogen-bond acceptors (Lipinski definition) is 6. The van der Waals surface area contributed by atoms with Crippen LogP contribution in [-0.4, -0.2) is 21.8 Å². The number of hydrogen-bond donors (Lipinski definition) is 2. The van der Waals surface area contributed by atoms with Crippen molar-refractivity contribution in [1.82, 2.24) is 9.97 Å². The Morgan fingerprint density at radius 2 is 1.47 bits per heavy atom. The monoisotopic (exact) mass is 268 g/mol. The van der Waals surface area contributed by atoms with Gasteiger partial charge in [-0.05, 0) is 0 Å². The molecule has 0 aliphatic rings. The van der Waals surface area contributed by atoms with Crippen LogP contribution in [0, 0.1) is 0 Å². The number of rotatable bonds is 4. The van der Waals surface area contributed by atoms with Crippen molar-refractivity contribution in [2.45, 2.75) is 6.42 Å². The van der Waals surface area contributed by atoms with Crippen molar-refractivity contribution in [3.63, 3.8) is 0 Å². The summed E-state index contributed by atoms with van der Waals surface area (Å²) in [5.74, 6) is -0.789. The molecule has 6 nitrogen and oxygen atoms in total. The summed E-state index contributed by atoms with van der Waals surface area (Å²) in [7, 11) is 0. The molecular formula is C9H8N4O2S2. The lowest BCUT2D eigenvalue weighted by Crippen LogP contribution is -2.21. The molecule has 2 aromatic rings. The van der Waals surface area contributed by atoms with Crippen LogP contribution in [0.4, 0.5) is 10.3 Å². The molecule has 17 heavy (non-hydrogen) atoms. The molecule has 0 aromatic carbocycles. The zero-order valence-electron chi connectivity index (χ0n) is 8.54. The third-order valence-electron chi connectivity index (χ3n) is 1.68. The molecule has 2 rings (SSSR count). The molecule has 0 bridgehead atoms. The first-order valence-corrected chi connectivity index (χ1v) is 6.38. The largest absolute Gasteiger partial charge is 0.302 e. The zero-order valence-corrected chi connectivity index (χ0v) is 10.2. The number of carbonyl (C=O) groups excluding carboxylic acids is 2. The van der Waals surface area contributed by atoms with Gasteiger partial charge in [0.15, 0.2) is 10.3 Å². The van der Waals surface area contributed by atoms with Crippen LogP contribution in [0.15, 0.2) is 23.2 Å². The summed E-state index contributed by atoms with van der Waals surface area (Å²) in [6.45, 7) is 0. The quantitative estimate of drug-likeness (QED) is 0.824. The van der Waals surface area contributed by atoms with E-state index in [1.165, 1.54) is 22.7 Å². The molecule has 88 valence electrons. The Labute approximate surface area is 105 Å². The molecule has 0 saturated heterocycles. The minimum atomic E-state index is -0.394. The SMILES string of the molecule is O=C(CC(=O)Nc1nccs1)Nc1nccs1. The van der Waals surface area contributed by atoms with Crippen molar-refractivity contribution in [1.29, 1.82) is 0 Å². The van der Waals surface area contributed by atoms with E-state index < -0.39 is 11.8 Å². The van der Waals surface area contributed by atoms with Gasteiger partial charge in [0.05, 0.1) is 0 Å². The van der Waals surface area contributed by atoms with Gasteiger partial charge in [0, 0.05) is 23.2 Å². The maximum atomic E-state index is 11.4. The molecule has 0 aliphatic carbocycles. The number of nitrogens with one attached hydrogen (secondary N) is 2. The second kappa shape index (κ2) is 5.51. The second-order valence-electron chi connectivity index (χ2n) is 2.95. The molecule has 2 amide bonds. The lowest BCUT2D eigenvalue weighted by atomic mass is 10.4. The molecule has 0 atom stereocenters. The van der Waals surface area contributed by atoms with E-state index in [0.717, 1.165) is 0 Å². The van der Waals surface area contributed by atoms with Gasteiger partial charge >= 0.3 is 0 Å². The van der Waals surface area contributed by atoms with E-state index in [1.54, 1.807) is 23.2 Å². The summed E-state index contributed by atoms with van der Waals surface area (Å²) < 4.78 is 0. The first-order chi connectivity index (χ1) is 8.24. The van der Waals surface area contributed by atoms with Crippen molar-refractivity contribution in [2.24, 2.45) is 0 Å². The van der Waals surface area contributed by atoms with E-state index in [2.05, 4.69) is 20.6 Å². The lowest BCUT2D eigenvalue weighted by molar-refractivity contribution is -0.123. The Kier molecular flexibility index (Phi) is 3.78. The number of aromatic nitrogens is 2. The summed E-state index contributed by atoms with van der Waals surface area (Å²) in [5, 5.41) is 9.50. The summed E-state index contributed by atoms with van der Waals surface area (Å²) in [5.41, 5.74) is 0. The smallest absolute Gasteiger partial charge is 0.235 e. The van der Waals surface area contributed by atoms with Crippen molar-refractivity contribution in [3.8, 4) is 0 Å². The Bertz CT molecular complexity index is 449. The Morgan fingerprint density at radius 3 is 1.82 bits per heavy atom. The predicted octanol–water partition coefficient (Wildman–Crippen LogP) is 1.57. The summed E-state index contributed by atoms with van der Waals surface area (Å²) in [6, 6.07) is 0. The van der Waals surface area contributed by atoms with Gasteiger partial charge in [-0.15, -0.1) is 22.7 Å². The molecule has 2 N–H and O–H groups in total. The molecule has 8 heteroatoms. The number of amides is 2. The minimum absolute atomic E-state index is 0.251. The third-order valence-corrected chi connectivity index (χ3v) is 3.06.